The van der Waals surface area contributed by atoms with Gasteiger partial charge in [0.1, 0.15) is 0 Å². The van der Waals surface area contributed by atoms with E-state index in [1.807, 2.05) is 19.1 Å². The highest BCUT2D eigenvalue weighted by Gasteiger charge is 2.09. The van der Waals surface area contributed by atoms with Gasteiger partial charge in [0.2, 0.25) is 5.01 Å². The maximum absolute atomic E-state index is 10.7. The lowest BCUT2D eigenvalue weighted by atomic mass is 10.2. The molecule has 0 bridgehead atoms. The van der Waals surface area contributed by atoms with E-state index in [0.29, 0.717) is 17.3 Å². The molecule has 1 aromatic heterocycles. The number of nitrogens with one attached hydrogen (secondary N) is 1. The molecule has 0 aliphatic rings. The summed E-state index contributed by atoms with van der Waals surface area (Å²) in [6.07, 6.45) is 0. The first kappa shape index (κ1) is 14.3. The van der Waals surface area contributed by atoms with Gasteiger partial charge >= 0.3 is 5.97 Å². The number of nitrogens with zero attached hydrogens (tertiary/aromatic N) is 1. The number of hydrogen-bond donors (Lipinski definition) is 2. The van der Waals surface area contributed by atoms with Gasteiger partial charge in [-0.15, -0.1) is 11.3 Å². The van der Waals surface area contributed by atoms with E-state index >= 15 is 0 Å². The van der Waals surface area contributed by atoms with Crippen molar-refractivity contribution >= 4 is 50.5 Å². The molecule has 0 saturated heterocycles. The Kier molecular flexibility index (Phi) is 4.44. The number of thiazole rings is 1. The molecule has 0 atom stereocenters. The molecule has 0 unspecified atom stereocenters. The molecule has 1 heterocycles. The summed E-state index contributed by atoms with van der Waals surface area (Å²) in [5.41, 5.74) is 2.52. The normalized spacial score (nSPS) is 10.5. The molecule has 0 amide bonds. The maximum atomic E-state index is 10.7. The Morgan fingerprint density at radius 1 is 1.58 bits per heavy atom. The van der Waals surface area contributed by atoms with Gasteiger partial charge in [-0.25, -0.2) is 9.78 Å². The van der Waals surface area contributed by atoms with E-state index in [9.17, 15) is 4.79 Å². The molecule has 0 saturated carbocycles. The Morgan fingerprint density at radius 2 is 2.32 bits per heavy atom. The van der Waals surface area contributed by atoms with Crippen LogP contribution in [0.2, 0.25) is 5.02 Å². The van der Waals surface area contributed by atoms with Crippen LogP contribution in [-0.2, 0) is 6.54 Å². The maximum Gasteiger partial charge on any atom is 0.365 e. The zero-order chi connectivity index (χ0) is 14.0. The predicted molar refractivity (Wildman–Crippen MR) is 80.3 cm³/mol. The summed E-state index contributed by atoms with van der Waals surface area (Å²) < 4.78 is 0.906. The fraction of sp³-hybridized carbons (Fsp3) is 0.167. The summed E-state index contributed by atoms with van der Waals surface area (Å²) >= 11 is 10.6. The van der Waals surface area contributed by atoms with E-state index in [4.69, 9.17) is 16.7 Å². The van der Waals surface area contributed by atoms with E-state index in [2.05, 4.69) is 26.2 Å². The first-order chi connectivity index (χ1) is 8.97. The van der Waals surface area contributed by atoms with Crippen molar-refractivity contribution in [2.45, 2.75) is 13.5 Å². The van der Waals surface area contributed by atoms with E-state index in [0.717, 1.165) is 27.1 Å². The Hall–Kier alpha value is -1.11. The quantitative estimate of drug-likeness (QED) is 0.857. The summed E-state index contributed by atoms with van der Waals surface area (Å²) in [6, 6.07) is 3.75. The molecule has 7 heteroatoms. The van der Waals surface area contributed by atoms with Gasteiger partial charge in [0.05, 0.1) is 17.9 Å². The predicted octanol–water partition coefficient (Wildman–Crippen LogP) is 4.18. The largest absolute Gasteiger partial charge is 0.476 e. The van der Waals surface area contributed by atoms with Crippen molar-refractivity contribution in [2.24, 2.45) is 0 Å². The average molecular weight is 362 g/mol. The Labute approximate surface area is 127 Å². The van der Waals surface area contributed by atoms with Crippen LogP contribution in [0.4, 0.5) is 5.69 Å². The third-order valence-corrected chi connectivity index (χ3v) is 4.39. The second kappa shape index (κ2) is 5.90. The smallest absolute Gasteiger partial charge is 0.365 e. The number of rotatable bonds is 4. The van der Waals surface area contributed by atoms with E-state index in [1.165, 1.54) is 0 Å². The molecule has 2 rings (SSSR count). The first-order valence-corrected chi connectivity index (χ1v) is 7.39. The molecule has 1 aromatic carbocycles. The van der Waals surface area contributed by atoms with Crippen molar-refractivity contribution in [3.63, 3.8) is 0 Å². The van der Waals surface area contributed by atoms with Crippen molar-refractivity contribution in [2.75, 3.05) is 5.32 Å². The van der Waals surface area contributed by atoms with E-state index in [-0.39, 0.29) is 5.01 Å². The number of carboxylic acids is 1. The highest BCUT2D eigenvalue weighted by atomic mass is 79.9. The Balaban J connectivity index is 2.09. The standard InChI is InChI=1S/C12H10BrClN2O2S/c1-6-2-8(13)10(3-9(6)14)15-4-7-5-19-11(16-7)12(17)18/h2-3,5,15H,4H2,1H3,(H,17,18). The van der Waals surface area contributed by atoms with Gasteiger partial charge in [-0.05, 0) is 40.5 Å². The highest BCUT2D eigenvalue weighted by Crippen LogP contribution is 2.29. The summed E-state index contributed by atoms with van der Waals surface area (Å²) in [6.45, 7) is 2.37. The van der Waals surface area contributed by atoms with Gasteiger partial charge in [0.15, 0.2) is 0 Å². The number of carboxylic acid groups (broad SMARTS) is 1. The minimum atomic E-state index is -1.00. The third-order valence-electron chi connectivity index (χ3n) is 2.44. The monoisotopic (exact) mass is 360 g/mol. The number of aryl methyl sites for hydroxylation is 1. The van der Waals surface area contributed by atoms with Crippen LogP contribution in [0.25, 0.3) is 0 Å². The number of carbonyl (C=O) groups is 1. The second-order valence-corrected chi connectivity index (χ2v) is 6.00. The Bertz CT molecular complexity index is 630. The molecule has 4 nitrogen and oxygen atoms in total. The van der Waals surface area contributed by atoms with Crippen LogP contribution in [0.5, 0.6) is 0 Å². The van der Waals surface area contributed by atoms with E-state index < -0.39 is 5.97 Å². The lowest BCUT2D eigenvalue weighted by molar-refractivity contribution is 0.0696. The van der Waals surface area contributed by atoms with Crippen LogP contribution in [-0.4, -0.2) is 16.1 Å². The molecule has 0 aliphatic heterocycles. The molecule has 2 N–H and O–H groups in total. The molecule has 2 aromatic rings. The fourth-order valence-corrected chi connectivity index (χ4v) is 2.87. The van der Waals surface area contributed by atoms with Gasteiger partial charge < -0.3 is 10.4 Å². The van der Waals surface area contributed by atoms with Crippen LogP contribution >= 0.6 is 38.9 Å². The molecule has 0 spiro atoms. The summed E-state index contributed by atoms with van der Waals surface area (Å²) in [5.74, 6) is -1.00. The van der Waals surface area contributed by atoms with Gasteiger partial charge in [0.25, 0.3) is 0 Å². The summed E-state index contributed by atoms with van der Waals surface area (Å²) in [7, 11) is 0. The minimum absolute atomic E-state index is 0.0952. The molecule has 100 valence electrons. The molecular formula is C12H10BrClN2O2S. The average Bonchev–Trinajstić information content (AvgIpc) is 2.81. The van der Waals surface area contributed by atoms with Crippen LogP contribution < -0.4 is 5.32 Å². The van der Waals surface area contributed by atoms with Crippen LogP contribution in [0.1, 0.15) is 21.1 Å². The van der Waals surface area contributed by atoms with Crippen molar-refractivity contribution in [1.82, 2.24) is 4.98 Å². The number of benzene rings is 1. The van der Waals surface area contributed by atoms with Crippen molar-refractivity contribution < 1.29 is 9.90 Å². The van der Waals surface area contributed by atoms with Crippen LogP contribution in [0.15, 0.2) is 22.0 Å². The van der Waals surface area contributed by atoms with Crippen LogP contribution in [0.3, 0.4) is 0 Å². The third kappa shape index (κ3) is 3.46. The SMILES string of the molecule is Cc1cc(Br)c(NCc2csc(C(=O)O)n2)cc1Cl. The molecule has 19 heavy (non-hydrogen) atoms. The van der Waals surface area contributed by atoms with Crippen molar-refractivity contribution in [3.8, 4) is 0 Å². The zero-order valence-electron chi connectivity index (χ0n) is 9.91. The number of aromatic carboxylic acids is 1. The zero-order valence-corrected chi connectivity index (χ0v) is 13.1. The van der Waals surface area contributed by atoms with Crippen LogP contribution in [0, 0.1) is 6.92 Å². The minimum Gasteiger partial charge on any atom is -0.476 e. The number of anilines is 1. The van der Waals surface area contributed by atoms with Gasteiger partial charge in [-0.1, -0.05) is 11.6 Å². The fourth-order valence-electron chi connectivity index (χ4n) is 1.45. The highest BCUT2D eigenvalue weighted by molar-refractivity contribution is 9.10. The van der Waals surface area contributed by atoms with Gasteiger partial charge in [-0.3, -0.25) is 0 Å². The summed E-state index contributed by atoms with van der Waals surface area (Å²) in [5, 5.41) is 14.5. The topological polar surface area (TPSA) is 62.2 Å². The lowest BCUT2D eigenvalue weighted by Gasteiger charge is -2.09. The first-order valence-electron chi connectivity index (χ1n) is 5.34. The Morgan fingerprint density at radius 3 is 2.95 bits per heavy atom. The van der Waals surface area contributed by atoms with Crippen molar-refractivity contribution in [3.05, 3.63) is 43.3 Å². The van der Waals surface area contributed by atoms with Crippen molar-refractivity contribution in [1.29, 1.82) is 0 Å². The number of aromatic nitrogens is 1. The van der Waals surface area contributed by atoms with E-state index in [1.54, 1.807) is 5.38 Å². The molecular weight excluding hydrogens is 352 g/mol. The number of halogens is 2. The second-order valence-electron chi connectivity index (χ2n) is 3.88. The molecule has 0 fully saturated rings. The van der Waals surface area contributed by atoms with Gasteiger partial charge in [-0.2, -0.15) is 0 Å². The molecule has 0 radical (unpaired) electrons. The van der Waals surface area contributed by atoms with Gasteiger partial charge in [0, 0.05) is 14.9 Å². The summed E-state index contributed by atoms with van der Waals surface area (Å²) in [4.78, 5) is 14.7. The lowest BCUT2D eigenvalue weighted by Crippen LogP contribution is -2.02. The molecule has 0 aliphatic carbocycles. The number of hydrogen-bond acceptors (Lipinski definition) is 4.